The van der Waals surface area contributed by atoms with Gasteiger partial charge in [-0.05, 0) is 39.8 Å². The molecule has 0 bridgehead atoms. The predicted molar refractivity (Wildman–Crippen MR) is 88.2 cm³/mol. The van der Waals surface area contributed by atoms with Gasteiger partial charge in [0.05, 0.1) is 17.4 Å². The lowest BCUT2D eigenvalue weighted by atomic mass is 10.1. The van der Waals surface area contributed by atoms with Crippen LogP contribution in [0.4, 0.5) is 4.39 Å². The molecule has 0 saturated heterocycles. The van der Waals surface area contributed by atoms with Crippen LogP contribution in [0.3, 0.4) is 0 Å². The zero-order chi connectivity index (χ0) is 17.9. The van der Waals surface area contributed by atoms with Gasteiger partial charge in [-0.25, -0.2) is 9.97 Å². The highest BCUT2D eigenvalue weighted by Gasteiger charge is 2.21. The lowest BCUT2D eigenvalue weighted by molar-refractivity contribution is 0.212. The molecule has 0 aromatic carbocycles. The topological polar surface area (TPSA) is 95.5 Å². The number of ether oxygens (including phenoxy) is 1. The Kier molecular flexibility index (Phi) is 5.28. The lowest BCUT2D eigenvalue weighted by Gasteiger charge is -2.16. The highest BCUT2D eigenvalue weighted by Crippen LogP contribution is 2.33. The summed E-state index contributed by atoms with van der Waals surface area (Å²) in [5, 5.41) is 3.62. The Morgan fingerprint density at radius 1 is 1.21 bits per heavy atom. The standard InChI is InChI=1S/C16H20FN5O2/c1-8(2)24-16-12(11-7-6-9(3)19-13(11)17)10(4)20-15(21-16)14(18)22-23-5/h6-8H,1-5H3,(H2,18,22). The monoisotopic (exact) mass is 333 g/mol. The van der Waals surface area contributed by atoms with Gasteiger partial charge in [-0.1, -0.05) is 5.16 Å². The fraction of sp³-hybridized carbons (Fsp3) is 0.375. The number of hydrogen-bond acceptors (Lipinski definition) is 6. The van der Waals surface area contributed by atoms with Gasteiger partial charge in [0.2, 0.25) is 23.5 Å². The van der Waals surface area contributed by atoms with E-state index in [2.05, 4.69) is 24.9 Å². The number of aromatic nitrogens is 3. The molecule has 0 atom stereocenters. The van der Waals surface area contributed by atoms with Crippen molar-refractivity contribution in [2.75, 3.05) is 7.11 Å². The van der Waals surface area contributed by atoms with E-state index in [1.807, 2.05) is 13.8 Å². The minimum atomic E-state index is -0.610. The quantitative estimate of drug-likeness (QED) is 0.390. The van der Waals surface area contributed by atoms with Crippen LogP contribution >= 0.6 is 0 Å². The molecule has 0 fully saturated rings. The first-order valence-corrected chi connectivity index (χ1v) is 7.39. The van der Waals surface area contributed by atoms with Crippen LogP contribution in [0.25, 0.3) is 11.1 Å². The fourth-order valence-corrected chi connectivity index (χ4v) is 2.13. The van der Waals surface area contributed by atoms with Crippen molar-refractivity contribution in [2.24, 2.45) is 10.9 Å². The van der Waals surface area contributed by atoms with Gasteiger partial charge in [0.25, 0.3) is 0 Å². The molecule has 7 nitrogen and oxygen atoms in total. The maximum absolute atomic E-state index is 14.3. The van der Waals surface area contributed by atoms with Crippen LogP contribution in [-0.2, 0) is 4.84 Å². The fourth-order valence-electron chi connectivity index (χ4n) is 2.13. The average Bonchev–Trinajstić information content (AvgIpc) is 2.48. The molecule has 0 radical (unpaired) electrons. The molecule has 0 amide bonds. The van der Waals surface area contributed by atoms with Crippen molar-refractivity contribution in [3.8, 4) is 17.0 Å². The highest BCUT2D eigenvalue weighted by atomic mass is 19.1. The van der Waals surface area contributed by atoms with E-state index in [0.29, 0.717) is 17.0 Å². The summed E-state index contributed by atoms with van der Waals surface area (Å²) >= 11 is 0. The van der Waals surface area contributed by atoms with Crippen LogP contribution in [0.15, 0.2) is 17.3 Å². The molecular formula is C16H20FN5O2. The molecular weight excluding hydrogens is 313 g/mol. The Labute approximate surface area is 139 Å². The third kappa shape index (κ3) is 3.76. The maximum Gasteiger partial charge on any atom is 0.225 e. The Morgan fingerprint density at radius 2 is 1.92 bits per heavy atom. The Balaban J connectivity index is 2.67. The summed E-state index contributed by atoms with van der Waals surface area (Å²) in [4.78, 5) is 17.0. The number of oxime groups is 1. The first-order valence-electron chi connectivity index (χ1n) is 7.39. The van der Waals surface area contributed by atoms with E-state index in [1.165, 1.54) is 7.11 Å². The van der Waals surface area contributed by atoms with Gasteiger partial charge < -0.3 is 15.3 Å². The first-order chi connectivity index (χ1) is 11.3. The van der Waals surface area contributed by atoms with Crippen molar-refractivity contribution >= 4 is 5.84 Å². The number of nitrogens with zero attached hydrogens (tertiary/aromatic N) is 4. The number of hydrogen-bond donors (Lipinski definition) is 1. The van der Waals surface area contributed by atoms with Crippen LogP contribution in [-0.4, -0.2) is 34.0 Å². The molecule has 2 rings (SSSR count). The number of halogens is 1. The molecule has 2 heterocycles. The van der Waals surface area contributed by atoms with Crippen molar-refractivity contribution in [3.05, 3.63) is 35.3 Å². The summed E-state index contributed by atoms with van der Waals surface area (Å²) in [5.41, 5.74) is 7.54. The molecule has 0 spiro atoms. The Bertz CT molecular complexity index is 777. The number of rotatable bonds is 5. The normalized spacial score (nSPS) is 11.7. The smallest absolute Gasteiger partial charge is 0.225 e. The molecule has 2 N–H and O–H groups in total. The van der Waals surface area contributed by atoms with Gasteiger partial charge in [0, 0.05) is 11.3 Å². The van der Waals surface area contributed by atoms with Gasteiger partial charge >= 0.3 is 0 Å². The lowest BCUT2D eigenvalue weighted by Crippen LogP contribution is -2.20. The molecule has 0 aliphatic carbocycles. The third-order valence-electron chi connectivity index (χ3n) is 3.08. The molecule has 0 unspecified atom stereocenters. The van der Waals surface area contributed by atoms with Gasteiger partial charge in [0.15, 0.2) is 0 Å². The van der Waals surface area contributed by atoms with E-state index in [4.69, 9.17) is 10.5 Å². The second-order valence-corrected chi connectivity index (χ2v) is 5.43. The van der Waals surface area contributed by atoms with Crippen LogP contribution in [0, 0.1) is 19.8 Å². The summed E-state index contributed by atoms with van der Waals surface area (Å²) in [6, 6.07) is 3.34. The van der Waals surface area contributed by atoms with Crippen LogP contribution in [0.5, 0.6) is 5.88 Å². The van der Waals surface area contributed by atoms with Gasteiger partial charge in [-0.3, -0.25) is 0 Å². The Morgan fingerprint density at radius 3 is 2.50 bits per heavy atom. The average molecular weight is 333 g/mol. The number of amidine groups is 1. The van der Waals surface area contributed by atoms with E-state index >= 15 is 0 Å². The minimum absolute atomic E-state index is 0.00302. The van der Waals surface area contributed by atoms with Crippen molar-refractivity contribution in [2.45, 2.75) is 33.8 Å². The van der Waals surface area contributed by atoms with Crippen molar-refractivity contribution in [1.29, 1.82) is 0 Å². The number of nitrogens with two attached hydrogens (primary N) is 1. The van der Waals surface area contributed by atoms with Gasteiger partial charge in [-0.15, -0.1) is 0 Å². The van der Waals surface area contributed by atoms with E-state index in [-0.39, 0.29) is 29.2 Å². The zero-order valence-electron chi connectivity index (χ0n) is 14.3. The molecule has 128 valence electrons. The molecule has 8 heteroatoms. The molecule has 2 aromatic heterocycles. The van der Waals surface area contributed by atoms with Crippen LogP contribution < -0.4 is 10.5 Å². The van der Waals surface area contributed by atoms with Crippen molar-refractivity contribution in [1.82, 2.24) is 15.0 Å². The molecule has 0 aliphatic heterocycles. The van der Waals surface area contributed by atoms with Gasteiger partial charge in [-0.2, -0.15) is 9.37 Å². The highest BCUT2D eigenvalue weighted by molar-refractivity contribution is 5.94. The third-order valence-corrected chi connectivity index (χ3v) is 3.08. The molecule has 0 aliphatic rings. The summed E-state index contributed by atoms with van der Waals surface area (Å²) in [6.45, 7) is 7.12. The second-order valence-electron chi connectivity index (χ2n) is 5.43. The van der Waals surface area contributed by atoms with Gasteiger partial charge in [0.1, 0.15) is 7.11 Å². The van der Waals surface area contributed by atoms with E-state index in [0.717, 1.165) is 0 Å². The Hall–Kier alpha value is -2.77. The van der Waals surface area contributed by atoms with E-state index < -0.39 is 5.95 Å². The predicted octanol–water partition coefficient (Wildman–Crippen LogP) is 2.35. The minimum Gasteiger partial charge on any atom is -0.474 e. The molecule has 0 saturated carbocycles. The summed E-state index contributed by atoms with van der Waals surface area (Å²) in [7, 11) is 1.37. The number of aryl methyl sites for hydroxylation is 2. The maximum atomic E-state index is 14.3. The van der Waals surface area contributed by atoms with Crippen LogP contribution in [0.2, 0.25) is 0 Å². The molecule has 24 heavy (non-hydrogen) atoms. The zero-order valence-corrected chi connectivity index (χ0v) is 14.3. The summed E-state index contributed by atoms with van der Waals surface area (Å²) < 4.78 is 20.1. The van der Waals surface area contributed by atoms with E-state index in [1.54, 1.807) is 26.0 Å². The SMILES string of the molecule is CO/N=C(\N)c1nc(C)c(-c2ccc(C)nc2F)c(OC(C)C)n1. The molecule has 2 aromatic rings. The first kappa shape index (κ1) is 17.6. The summed E-state index contributed by atoms with van der Waals surface area (Å²) in [6.07, 6.45) is -0.173. The van der Waals surface area contributed by atoms with E-state index in [9.17, 15) is 4.39 Å². The number of pyridine rings is 1. The largest absolute Gasteiger partial charge is 0.474 e. The van der Waals surface area contributed by atoms with Crippen molar-refractivity contribution < 1.29 is 14.0 Å². The summed E-state index contributed by atoms with van der Waals surface area (Å²) in [5.74, 6) is -0.245. The van der Waals surface area contributed by atoms with Crippen LogP contribution in [0.1, 0.15) is 31.1 Å². The second kappa shape index (κ2) is 7.20. The van der Waals surface area contributed by atoms with Crippen molar-refractivity contribution in [3.63, 3.8) is 0 Å².